The smallest absolute Gasteiger partial charge is 0.261 e. The molecule has 4 rings (SSSR count). The fraction of sp³-hybridized carbons (Fsp3) is 0.519. The van der Waals surface area contributed by atoms with Gasteiger partial charge >= 0.3 is 0 Å². The van der Waals surface area contributed by atoms with E-state index < -0.39 is 10.0 Å². The zero-order chi connectivity index (χ0) is 25.2. The third kappa shape index (κ3) is 5.98. The zero-order valence-corrected chi connectivity index (χ0v) is 22.1. The lowest BCUT2D eigenvalue weighted by Crippen LogP contribution is -2.45. The summed E-state index contributed by atoms with van der Waals surface area (Å²) in [5.74, 6) is 0.593. The Kier molecular flexibility index (Phi) is 7.43. The van der Waals surface area contributed by atoms with Crippen LogP contribution in [-0.4, -0.2) is 58.5 Å². The second-order valence-electron chi connectivity index (χ2n) is 10.8. The maximum atomic E-state index is 13.6. The van der Waals surface area contributed by atoms with E-state index >= 15 is 0 Å². The number of nitrogens with one attached hydrogen (secondary N) is 2. The summed E-state index contributed by atoms with van der Waals surface area (Å²) in [6.45, 7) is 13.3. The van der Waals surface area contributed by atoms with Crippen molar-refractivity contribution in [3.05, 3.63) is 53.6 Å². The van der Waals surface area contributed by atoms with Crippen molar-refractivity contribution in [2.24, 2.45) is 5.92 Å². The fourth-order valence-corrected chi connectivity index (χ4v) is 5.73. The van der Waals surface area contributed by atoms with Gasteiger partial charge < -0.3 is 15.1 Å². The molecule has 0 unspecified atom stereocenters. The first kappa shape index (κ1) is 25.5. The van der Waals surface area contributed by atoms with E-state index in [0.29, 0.717) is 17.2 Å². The lowest BCUT2D eigenvalue weighted by Gasteiger charge is -2.34. The number of likely N-dealkylation sites (tertiary alicyclic amines) is 1. The van der Waals surface area contributed by atoms with Crippen molar-refractivity contribution in [2.75, 3.05) is 48.9 Å². The Labute approximate surface area is 209 Å². The van der Waals surface area contributed by atoms with E-state index in [1.54, 1.807) is 24.3 Å². The van der Waals surface area contributed by atoms with E-state index in [9.17, 15) is 13.2 Å². The summed E-state index contributed by atoms with van der Waals surface area (Å²) in [6, 6.07) is 12.3. The van der Waals surface area contributed by atoms with E-state index in [0.717, 1.165) is 63.4 Å². The maximum Gasteiger partial charge on any atom is 0.261 e. The largest absolute Gasteiger partial charge is 0.368 e. The minimum absolute atomic E-state index is 0.0268. The van der Waals surface area contributed by atoms with Gasteiger partial charge in [-0.3, -0.25) is 9.52 Å². The molecule has 0 spiro atoms. The van der Waals surface area contributed by atoms with Crippen LogP contribution in [0.1, 0.15) is 56.5 Å². The molecule has 8 heteroatoms. The Hall–Kier alpha value is -2.58. The molecule has 2 fully saturated rings. The summed E-state index contributed by atoms with van der Waals surface area (Å²) < 4.78 is 29.0. The monoisotopic (exact) mass is 498 g/mol. The number of carbonyl (C=O) groups excluding carboxylic acids is 1. The van der Waals surface area contributed by atoms with Crippen LogP contribution in [0.3, 0.4) is 0 Å². The molecule has 2 aromatic rings. The molecule has 1 amide bonds. The van der Waals surface area contributed by atoms with Gasteiger partial charge in [-0.2, -0.15) is 0 Å². The Bertz CT molecular complexity index is 1140. The molecular formula is C27H38N4O3S. The molecule has 0 bridgehead atoms. The number of amides is 1. The molecule has 0 aromatic heterocycles. The normalized spacial score (nSPS) is 17.9. The van der Waals surface area contributed by atoms with Crippen LogP contribution in [0.25, 0.3) is 0 Å². The summed E-state index contributed by atoms with van der Waals surface area (Å²) in [6.07, 6.45) is 1.98. The van der Waals surface area contributed by atoms with Crippen molar-refractivity contribution >= 4 is 27.3 Å². The van der Waals surface area contributed by atoms with Crippen LogP contribution in [0.15, 0.2) is 47.4 Å². The van der Waals surface area contributed by atoms with Gasteiger partial charge in [0.25, 0.3) is 15.9 Å². The second-order valence-corrected chi connectivity index (χ2v) is 12.5. The quantitative estimate of drug-likeness (QED) is 0.650. The molecule has 2 aliphatic heterocycles. The number of benzene rings is 2. The van der Waals surface area contributed by atoms with Gasteiger partial charge in [0.05, 0.1) is 10.5 Å². The first-order chi connectivity index (χ1) is 16.5. The summed E-state index contributed by atoms with van der Waals surface area (Å²) in [5, 5.41) is 3.35. The number of nitrogens with zero attached hydrogens (tertiary/aromatic N) is 2. The Morgan fingerprint density at radius 3 is 2.20 bits per heavy atom. The van der Waals surface area contributed by atoms with Crippen LogP contribution in [-0.2, 0) is 15.4 Å². The standard InChI is InChI=1S/C27H38N4O3S/c1-20-11-15-31(16-12-20)26(32)24-19-22(7-10-25(24)30-17-13-28-14-18-30)29-35(33,34)23-8-5-21(6-9-23)27(2,3)4/h5-10,19-20,28-29H,11-18H2,1-4H3. The number of rotatable bonds is 5. The summed E-state index contributed by atoms with van der Waals surface area (Å²) in [5.41, 5.74) is 2.84. The number of sulfonamides is 1. The van der Waals surface area contributed by atoms with Gasteiger partial charge in [-0.05, 0) is 60.1 Å². The van der Waals surface area contributed by atoms with E-state index in [1.807, 2.05) is 23.1 Å². The summed E-state index contributed by atoms with van der Waals surface area (Å²) in [4.78, 5) is 17.9. The highest BCUT2D eigenvalue weighted by molar-refractivity contribution is 7.92. The highest BCUT2D eigenvalue weighted by Gasteiger charge is 2.27. The number of carbonyl (C=O) groups is 1. The van der Waals surface area contributed by atoms with Gasteiger partial charge in [-0.25, -0.2) is 8.42 Å². The van der Waals surface area contributed by atoms with Crippen LogP contribution >= 0.6 is 0 Å². The molecule has 35 heavy (non-hydrogen) atoms. The lowest BCUT2D eigenvalue weighted by atomic mass is 9.87. The Balaban J connectivity index is 1.62. The summed E-state index contributed by atoms with van der Waals surface area (Å²) in [7, 11) is -3.79. The van der Waals surface area contributed by atoms with E-state index in [1.165, 1.54) is 0 Å². The first-order valence-corrected chi connectivity index (χ1v) is 14.1. The summed E-state index contributed by atoms with van der Waals surface area (Å²) >= 11 is 0. The van der Waals surface area contributed by atoms with Crippen molar-refractivity contribution in [3.8, 4) is 0 Å². The van der Waals surface area contributed by atoms with Gasteiger partial charge in [0.1, 0.15) is 0 Å². The number of piperazine rings is 1. The highest BCUT2D eigenvalue weighted by Crippen LogP contribution is 2.30. The molecule has 2 aromatic carbocycles. The lowest BCUT2D eigenvalue weighted by molar-refractivity contribution is 0.0698. The molecule has 2 N–H and O–H groups in total. The molecule has 2 heterocycles. The van der Waals surface area contributed by atoms with E-state index in [4.69, 9.17) is 0 Å². The van der Waals surface area contributed by atoms with Gasteiger partial charge in [0.2, 0.25) is 0 Å². The zero-order valence-electron chi connectivity index (χ0n) is 21.3. The van der Waals surface area contributed by atoms with Gasteiger partial charge in [0.15, 0.2) is 0 Å². The predicted molar refractivity (Wildman–Crippen MR) is 142 cm³/mol. The number of piperidine rings is 1. The molecule has 2 saturated heterocycles. The van der Waals surface area contributed by atoms with Crippen LogP contribution in [0.4, 0.5) is 11.4 Å². The topological polar surface area (TPSA) is 81.8 Å². The average molecular weight is 499 g/mol. The third-order valence-corrected chi connectivity index (χ3v) is 8.44. The fourth-order valence-electron chi connectivity index (χ4n) is 4.68. The Morgan fingerprint density at radius 2 is 1.60 bits per heavy atom. The molecule has 0 saturated carbocycles. The van der Waals surface area contributed by atoms with Crippen molar-refractivity contribution in [1.82, 2.24) is 10.2 Å². The van der Waals surface area contributed by atoms with Crippen molar-refractivity contribution < 1.29 is 13.2 Å². The minimum Gasteiger partial charge on any atom is -0.368 e. The van der Waals surface area contributed by atoms with Crippen molar-refractivity contribution in [2.45, 2.75) is 50.8 Å². The first-order valence-electron chi connectivity index (χ1n) is 12.6. The number of hydrogen-bond acceptors (Lipinski definition) is 5. The van der Waals surface area contributed by atoms with Gasteiger partial charge in [0, 0.05) is 50.6 Å². The molecule has 7 nitrogen and oxygen atoms in total. The van der Waals surface area contributed by atoms with Gasteiger partial charge in [-0.1, -0.05) is 39.8 Å². The second kappa shape index (κ2) is 10.2. The predicted octanol–water partition coefficient (Wildman–Crippen LogP) is 4.07. The van der Waals surface area contributed by atoms with Crippen molar-refractivity contribution in [3.63, 3.8) is 0 Å². The van der Waals surface area contributed by atoms with Crippen LogP contribution < -0.4 is 14.9 Å². The number of anilines is 2. The van der Waals surface area contributed by atoms with Gasteiger partial charge in [-0.15, -0.1) is 0 Å². The molecule has 2 aliphatic rings. The SMILES string of the molecule is CC1CCN(C(=O)c2cc(NS(=O)(=O)c3ccc(C(C)(C)C)cc3)ccc2N2CCNCC2)CC1. The molecule has 0 atom stereocenters. The van der Waals surface area contributed by atoms with Crippen LogP contribution in [0.2, 0.25) is 0 Å². The molecular weight excluding hydrogens is 460 g/mol. The minimum atomic E-state index is -3.79. The highest BCUT2D eigenvalue weighted by atomic mass is 32.2. The third-order valence-electron chi connectivity index (χ3n) is 7.04. The van der Waals surface area contributed by atoms with E-state index in [-0.39, 0.29) is 16.2 Å². The molecule has 0 radical (unpaired) electrons. The molecule has 190 valence electrons. The number of hydrogen-bond donors (Lipinski definition) is 2. The van der Waals surface area contributed by atoms with E-state index in [2.05, 4.69) is 42.6 Å². The molecule has 0 aliphatic carbocycles. The Morgan fingerprint density at radius 1 is 0.971 bits per heavy atom. The van der Waals surface area contributed by atoms with Crippen LogP contribution in [0.5, 0.6) is 0 Å². The maximum absolute atomic E-state index is 13.6. The average Bonchev–Trinajstić information content (AvgIpc) is 2.84. The van der Waals surface area contributed by atoms with Crippen LogP contribution in [0, 0.1) is 5.92 Å². The van der Waals surface area contributed by atoms with Crippen molar-refractivity contribution in [1.29, 1.82) is 0 Å².